The molecule has 0 aromatic heterocycles. The average Bonchev–Trinajstić information content (AvgIpc) is 1.65. The van der Waals surface area contributed by atoms with Gasteiger partial charge in [0.15, 0.2) is 0 Å². The van der Waals surface area contributed by atoms with Gasteiger partial charge in [-0.05, 0) is 0 Å². The Morgan fingerprint density at radius 3 is 2.43 bits per heavy atom. The fraction of sp³-hybridized carbons (Fsp3) is 0.333. The number of amides is 1. The zero-order valence-corrected chi connectivity index (χ0v) is 3.97. The molecule has 0 aromatic carbocycles. The van der Waals surface area contributed by atoms with Crippen molar-refractivity contribution in [3.8, 4) is 0 Å². The maximum atomic E-state index is 9.97. The third-order valence-corrected chi connectivity index (χ3v) is 0.395. The molecule has 0 unspecified atom stereocenters. The van der Waals surface area contributed by atoms with E-state index in [0.717, 1.165) is 0 Å². The predicted octanol–water partition coefficient (Wildman–Crippen LogP) is 0.433. The Morgan fingerprint density at radius 2 is 2.43 bits per heavy atom. The third kappa shape index (κ3) is 1.75. The number of nitrogens with one attached hydrogen (secondary N) is 1. The van der Waals surface area contributed by atoms with Crippen LogP contribution in [-0.2, 0) is 4.74 Å². The summed E-state index contributed by atoms with van der Waals surface area (Å²) in [5.74, 6) is 6.43. The van der Waals surface area contributed by atoms with E-state index in [1.54, 1.807) is 0 Å². The second kappa shape index (κ2) is 2.17. The van der Waals surface area contributed by atoms with E-state index in [2.05, 4.69) is 11.5 Å². The Labute approximate surface area is 41.2 Å². The summed E-state index contributed by atoms with van der Waals surface area (Å²) < 4.78 is 4.41. The van der Waals surface area contributed by atoms with E-state index >= 15 is 0 Å². The van der Waals surface area contributed by atoms with Gasteiger partial charge in [-0.1, -0.05) is 0 Å². The molecule has 0 aliphatic carbocycles. The Bertz CT molecular complexity index is 99.1. The normalized spacial score (nSPS) is 7.57. The molecule has 1 amide bonds. The van der Waals surface area contributed by atoms with Crippen molar-refractivity contribution < 1.29 is 14.2 Å². The SMILES string of the molecule is C=[N+]([NH-])C(=O)OC. The minimum absolute atomic E-state index is 0.361. The summed E-state index contributed by atoms with van der Waals surface area (Å²) in [7, 11) is 1.19. The van der Waals surface area contributed by atoms with Gasteiger partial charge < -0.3 is 10.6 Å². The number of methoxy groups -OCH3 is 1. The first-order valence-electron chi connectivity index (χ1n) is 1.58. The van der Waals surface area contributed by atoms with Crippen LogP contribution in [0.15, 0.2) is 0 Å². The van der Waals surface area contributed by atoms with Crippen molar-refractivity contribution in [2.75, 3.05) is 7.11 Å². The number of hydrogen-bond donors (Lipinski definition) is 0. The first-order chi connectivity index (χ1) is 3.18. The van der Waals surface area contributed by atoms with Gasteiger partial charge in [-0.2, -0.15) is 9.48 Å². The molecule has 0 bridgehead atoms. The maximum Gasteiger partial charge on any atom is 0.590 e. The highest BCUT2D eigenvalue weighted by atomic mass is 16.5. The lowest BCUT2D eigenvalue weighted by Crippen LogP contribution is -2.09. The molecule has 0 aliphatic rings. The van der Waals surface area contributed by atoms with Crippen molar-refractivity contribution in [2.45, 2.75) is 0 Å². The number of hydrogen-bond acceptors (Lipinski definition) is 2. The molecule has 0 aliphatic heterocycles. The van der Waals surface area contributed by atoms with Crippen LogP contribution in [0.3, 0.4) is 0 Å². The summed E-state index contributed by atoms with van der Waals surface area (Å²) in [4.78, 5) is 9.97. The Hall–Kier alpha value is -1.06. The fourth-order valence-corrected chi connectivity index (χ4v) is 0.110. The smallest absolute Gasteiger partial charge is 0.443 e. The summed E-state index contributed by atoms with van der Waals surface area (Å²) in [5, 5.41) is 0. The van der Waals surface area contributed by atoms with Crippen LogP contribution >= 0.6 is 0 Å². The van der Waals surface area contributed by atoms with Gasteiger partial charge >= 0.3 is 6.09 Å². The summed E-state index contributed by atoms with van der Waals surface area (Å²) in [6.07, 6.45) is -0.764. The summed E-state index contributed by atoms with van der Waals surface area (Å²) >= 11 is 0. The molecule has 0 fully saturated rings. The molecule has 0 saturated heterocycles. The van der Waals surface area contributed by atoms with Gasteiger partial charge in [0.25, 0.3) is 0 Å². The molecular weight excluding hydrogens is 96.0 g/mol. The van der Waals surface area contributed by atoms with Gasteiger partial charge in [-0.15, -0.1) is 0 Å². The lowest BCUT2D eigenvalue weighted by molar-refractivity contribution is -0.363. The van der Waals surface area contributed by atoms with Crippen LogP contribution in [0.4, 0.5) is 4.79 Å². The van der Waals surface area contributed by atoms with E-state index in [1.807, 2.05) is 0 Å². The fourth-order valence-electron chi connectivity index (χ4n) is 0.110. The van der Waals surface area contributed by atoms with Crippen LogP contribution in [0.25, 0.3) is 5.84 Å². The van der Waals surface area contributed by atoms with Crippen molar-refractivity contribution in [2.24, 2.45) is 0 Å². The molecule has 4 nitrogen and oxygen atoms in total. The standard InChI is InChI=1S/C3H6N2O2/c1-5(4)3(6)7-2/h4H,1H2,2H3. The third-order valence-electron chi connectivity index (χ3n) is 0.395. The average molecular weight is 102 g/mol. The molecule has 0 heterocycles. The minimum atomic E-state index is -0.764. The summed E-state index contributed by atoms with van der Waals surface area (Å²) in [5.41, 5.74) is 0. The van der Waals surface area contributed by atoms with Gasteiger partial charge in [0.05, 0.1) is 7.11 Å². The monoisotopic (exact) mass is 102 g/mol. The lowest BCUT2D eigenvalue weighted by Gasteiger charge is -1.92. The van der Waals surface area contributed by atoms with Crippen molar-refractivity contribution in [1.29, 1.82) is 0 Å². The van der Waals surface area contributed by atoms with Gasteiger partial charge in [-0.3, -0.25) is 0 Å². The zero-order chi connectivity index (χ0) is 5.86. The molecule has 0 spiro atoms. The number of ether oxygens (including phenoxy) is 1. The van der Waals surface area contributed by atoms with Crippen LogP contribution in [0, 0.1) is 0 Å². The number of carbonyl (C=O) groups is 1. The van der Waals surface area contributed by atoms with Gasteiger partial charge in [0.2, 0.25) is 0 Å². The molecule has 0 rings (SSSR count). The van der Waals surface area contributed by atoms with Crippen molar-refractivity contribution in [3.63, 3.8) is 0 Å². The molecule has 4 heteroatoms. The van der Waals surface area contributed by atoms with E-state index in [9.17, 15) is 4.79 Å². The molecule has 0 aromatic rings. The van der Waals surface area contributed by atoms with E-state index in [1.165, 1.54) is 7.11 Å². The second-order valence-corrected chi connectivity index (χ2v) is 0.898. The topological polar surface area (TPSA) is 53.1 Å². The van der Waals surface area contributed by atoms with Gasteiger partial charge in [-0.25, -0.2) is 0 Å². The summed E-state index contributed by atoms with van der Waals surface area (Å²) in [6, 6.07) is 0. The van der Waals surface area contributed by atoms with Crippen molar-refractivity contribution >= 4 is 12.8 Å². The number of rotatable bonds is 0. The van der Waals surface area contributed by atoms with E-state index in [-0.39, 0.29) is 0 Å². The Kier molecular flexibility index (Phi) is 1.84. The number of nitrogens with zero attached hydrogens (tertiary/aromatic N) is 1. The maximum absolute atomic E-state index is 9.97. The molecule has 0 saturated carbocycles. The molecule has 7 heavy (non-hydrogen) atoms. The van der Waals surface area contributed by atoms with E-state index in [0.29, 0.717) is 4.68 Å². The summed E-state index contributed by atoms with van der Waals surface area (Å²) in [6.45, 7) is 2.93. The van der Waals surface area contributed by atoms with Crippen LogP contribution in [-0.4, -0.2) is 24.6 Å². The largest absolute Gasteiger partial charge is 0.590 e. The van der Waals surface area contributed by atoms with Gasteiger partial charge in [0, 0.05) is 0 Å². The highest BCUT2D eigenvalue weighted by molar-refractivity contribution is 5.59. The molecule has 0 atom stereocenters. The highest BCUT2D eigenvalue weighted by Gasteiger charge is 2.01. The zero-order valence-electron chi connectivity index (χ0n) is 3.97. The Balaban J connectivity index is 3.58. The van der Waals surface area contributed by atoms with Crippen LogP contribution < -0.4 is 0 Å². The first-order valence-corrected chi connectivity index (χ1v) is 1.58. The Morgan fingerprint density at radius 1 is 2.00 bits per heavy atom. The first kappa shape index (κ1) is 5.94. The minimum Gasteiger partial charge on any atom is -0.443 e. The van der Waals surface area contributed by atoms with Gasteiger partial charge in [0.1, 0.15) is 6.72 Å². The van der Waals surface area contributed by atoms with Crippen LogP contribution in [0.5, 0.6) is 0 Å². The highest BCUT2D eigenvalue weighted by Crippen LogP contribution is 1.75. The predicted molar refractivity (Wildman–Crippen MR) is 24.1 cm³/mol. The quantitative estimate of drug-likeness (QED) is 0.253. The van der Waals surface area contributed by atoms with Crippen molar-refractivity contribution in [3.05, 3.63) is 5.84 Å². The van der Waals surface area contributed by atoms with E-state index < -0.39 is 6.09 Å². The molecule has 0 radical (unpaired) electrons. The van der Waals surface area contributed by atoms with Crippen LogP contribution in [0.2, 0.25) is 0 Å². The number of carbonyl (C=O) groups excluding carboxylic acids is 1. The lowest BCUT2D eigenvalue weighted by atomic mass is 11.1. The molecule has 1 N–H and O–H groups in total. The second-order valence-electron chi connectivity index (χ2n) is 0.898. The van der Waals surface area contributed by atoms with E-state index in [4.69, 9.17) is 5.84 Å². The van der Waals surface area contributed by atoms with Crippen molar-refractivity contribution in [1.82, 2.24) is 0 Å². The molecular formula is C3H6N2O2. The molecule has 40 valence electrons. The van der Waals surface area contributed by atoms with Crippen LogP contribution in [0.1, 0.15) is 0 Å².